The van der Waals surface area contributed by atoms with Gasteiger partial charge < -0.3 is 19.4 Å². The highest BCUT2D eigenvalue weighted by Crippen LogP contribution is 2.37. The first kappa shape index (κ1) is 25.3. The number of aromatic nitrogens is 2. The number of benzene rings is 1. The SMILES string of the molecule is CCCCCC(=O)CC(=O)C=Cc1cc(OC)c(O)c(-n2cc3[nH]ccc3c2CCC(C)C)c1. The number of methoxy groups -OCH3 is 1. The van der Waals surface area contributed by atoms with Gasteiger partial charge in [-0.25, -0.2) is 0 Å². The van der Waals surface area contributed by atoms with Crippen molar-refractivity contribution in [2.45, 2.75) is 65.7 Å². The molecule has 1 aromatic carbocycles. The lowest BCUT2D eigenvalue weighted by Gasteiger charge is -2.15. The first-order valence-corrected chi connectivity index (χ1v) is 12.1. The maximum atomic E-state index is 12.3. The molecule has 0 atom stereocenters. The summed E-state index contributed by atoms with van der Waals surface area (Å²) in [4.78, 5) is 27.6. The fourth-order valence-electron chi connectivity index (χ4n) is 4.13. The van der Waals surface area contributed by atoms with Crippen LogP contribution >= 0.6 is 0 Å². The summed E-state index contributed by atoms with van der Waals surface area (Å²) in [5.41, 5.74) is 3.40. The fourth-order valence-corrected chi connectivity index (χ4v) is 4.13. The molecule has 3 rings (SSSR count). The number of allylic oxidation sites excluding steroid dienone is 1. The van der Waals surface area contributed by atoms with E-state index in [0.29, 0.717) is 29.3 Å². The van der Waals surface area contributed by atoms with Crippen LogP contribution in [-0.4, -0.2) is 33.3 Å². The van der Waals surface area contributed by atoms with Gasteiger partial charge in [-0.1, -0.05) is 39.7 Å². The quantitative estimate of drug-likeness (QED) is 0.175. The van der Waals surface area contributed by atoms with E-state index >= 15 is 0 Å². The summed E-state index contributed by atoms with van der Waals surface area (Å²) in [6.07, 6.45) is 12.1. The van der Waals surface area contributed by atoms with Crippen molar-refractivity contribution >= 4 is 28.5 Å². The zero-order chi connectivity index (χ0) is 24.7. The van der Waals surface area contributed by atoms with Crippen LogP contribution in [0.2, 0.25) is 0 Å². The molecular formula is C28H36N2O4. The topological polar surface area (TPSA) is 84.3 Å². The smallest absolute Gasteiger partial charge is 0.182 e. The molecule has 0 unspecified atom stereocenters. The summed E-state index contributed by atoms with van der Waals surface area (Å²) >= 11 is 0. The number of aromatic amines is 1. The van der Waals surface area contributed by atoms with Crippen molar-refractivity contribution in [3.63, 3.8) is 0 Å². The maximum absolute atomic E-state index is 12.3. The van der Waals surface area contributed by atoms with E-state index in [9.17, 15) is 14.7 Å². The minimum absolute atomic E-state index is 0.0238. The Kier molecular flexibility index (Phi) is 8.74. The molecule has 0 aliphatic heterocycles. The van der Waals surface area contributed by atoms with Crippen molar-refractivity contribution < 1.29 is 19.4 Å². The molecule has 6 heteroatoms. The normalized spacial score (nSPS) is 11.7. The van der Waals surface area contributed by atoms with Crippen LogP contribution < -0.4 is 4.74 Å². The number of ether oxygens (including phenoxy) is 1. The van der Waals surface area contributed by atoms with E-state index in [2.05, 4.69) is 31.8 Å². The first-order chi connectivity index (χ1) is 16.3. The molecule has 3 aromatic rings. The number of rotatable bonds is 13. The standard InChI is InChI=1S/C28H36N2O4/c1-5-6-7-8-21(31)17-22(32)11-10-20-15-26(28(33)27(16-20)34-4)30-18-24-23(13-14-29-24)25(30)12-9-19(2)3/h10-11,13-16,18-19,29,33H,5-9,12,17H2,1-4H3. The van der Waals surface area contributed by atoms with Crippen molar-refractivity contribution in [1.29, 1.82) is 0 Å². The molecule has 0 saturated carbocycles. The number of H-pyrrole nitrogens is 1. The Morgan fingerprint density at radius 3 is 2.74 bits per heavy atom. The molecule has 0 saturated heterocycles. The van der Waals surface area contributed by atoms with Crippen molar-refractivity contribution in [2.24, 2.45) is 5.92 Å². The average molecular weight is 465 g/mol. The van der Waals surface area contributed by atoms with Crippen LogP contribution in [0.3, 0.4) is 0 Å². The van der Waals surface area contributed by atoms with Gasteiger partial charge in [0.1, 0.15) is 5.78 Å². The van der Waals surface area contributed by atoms with E-state index in [1.807, 2.05) is 23.0 Å². The fraction of sp³-hybridized carbons (Fsp3) is 0.429. The number of fused-ring (bicyclic) bond motifs is 1. The van der Waals surface area contributed by atoms with E-state index in [1.54, 1.807) is 12.1 Å². The average Bonchev–Trinajstić information content (AvgIpc) is 3.38. The molecule has 2 N–H and O–H groups in total. The summed E-state index contributed by atoms with van der Waals surface area (Å²) < 4.78 is 7.42. The third kappa shape index (κ3) is 6.19. The van der Waals surface area contributed by atoms with Crippen LogP contribution in [-0.2, 0) is 16.0 Å². The highest BCUT2D eigenvalue weighted by Gasteiger charge is 2.18. The van der Waals surface area contributed by atoms with E-state index in [0.717, 1.165) is 48.7 Å². The molecule has 2 heterocycles. The van der Waals surface area contributed by atoms with Crippen LogP contribution in [0.4, 0.5) is 0 Å². The lowest BCUT2D eigenvalue weighted by Crippen LogP contribution is -2.05. The number of nitrogens with zero attached hydrogens (tertiary/aromatic N) is 1. The second-order valence-electron chi connectivity index (χ2n) is 9.25. The number of Topliss-reactive ketones (excluding diaryl/α,β-unsaturated/α-hetero) is 1. The largest absolute Gasteiger partial charge is 0.503 e. The minimum Gasteiger partial charge on any atom is -0.503 e. The lowest BCUT2D eigenvalue weighted by atomic mass is 10.0. The number of unbranched alkanes of at least 4 members (excludes halogenated alkanes) is 2. The minimum atomic E-state index is -0.220. The van der Waals surface area contributed by atoms with E-state index < -0.39 is 0 Å². The van der Waals surface area contributed by atoms with Crippen LogP contribution in [0.25, 0.3) is 22.7 Å². The van der Waals surface area contributed by atoms with E-state index in [1.165, 1.54) is 13.2 Å². The molecule has 0 spiro atoms. The number of carbonyl (C=O) groups is 2. The van der Waals surface area contributed by atoms with Gasteiger partial charge in [-0.3, -0.25) is 9.59 Å². The van der Waals surface area contributed by atoms with Gasteiger partial charge in [0.2, 0.25) is 0 Å². The predicted molar refractivity (Wildman–Crippen MR) is 137 cm³/mol. The van der Waals surface area contributed by atoms with E-state index in [4.69, 9.17) is 4.74 Å². The molecule has 0 aliphatic carbocycles. The van der Waals surface area contributed by atoms with Crippen LogP contribution in [0, 0.1) is 5.92 Å². The number of phenols is 1. The molecule has 34 heavy (non-hydrogen) atoms. The van der Waals surface area contributed by atoms with Gasteiger partial charge in [0.25, 0.3) is 0 Å². The number of carbonyl (C=O) groups excluding carboxylic acids is 2. The van der Waals surface area contributed by atoms with E-state index in [-0.39, 0.29) is 23.7 Å². The van der Waals surface area contributed by atoms with Crippen LogP contribution in [0.5, 0.6) is 11.5 Å². The van der Waals surface area contributed by atoms with Crippen LogP contribution in [0.1, 0.15) is 70.6 Å². The number of aryl methyl sites for hydroxylation is 1. The Balaban J connectivity index is 1.90. The highest BCUT2D eigenvalue weighted by molar-refractivity contribution is 6.06. The molecule has 2 aromatic heterocycles. The Hall–Kier alpha value is -3.28. The van der Waals surface area contributed by atoms with Crippen molar-refractivity contribution in [3.05, 3.63) is 47.9 Å². The van der Waals surface area contributed by atoms with Gasteiger partial charge in [0.15, 0.2) is 17.3 Å². The Bertz CT molecular complexity index is 1170. The summed E-state index contributed by atoms with van der Waals surface area (Å²) in [5.74, 6) is 0.671. The Labute approximate surface area is 201 Å². The molecule has 0 radical (unpaired) electrons. The summed E-state index contributed by atoms with van der Waals surface area (Å²) in [6.45, 7) is 6.47. The number of nitrogens with one attached hydrogen (secondary N) is 1. The van der Waals surface area contributed by atoms with Gasteiger partial charge in [-0.2, -0.15) is 0 Å². The molecule has 6 nitrogen and oxygen atoms in total. The number of phenolic OH excluding ortho intramolecular Hbond substituents is 1. The van der Waals surface area contributed by atoms with Gasteiger partial charge in [0.05, 0.1) is 24.7 Å². The number of hydrogen-bond acceptors (Lipinski definition) is 4. The van der Waals surface area contributed by atoms with Gasteiger partial charge in [-0.15, -0.1) is 0 Å². The third-order valence-corrected chi connectivity index (χ3v) is 6.05. The molecular weight excluding hydrogens is 428 g/mol. The van der Waals surface area contributed by atoms with Gasteiger partial charge >= 0.3 is 0 Å². The zero-order valence-corrected chi connectivity index (χ0v) is 20.7. The zero-order valence-electron chi connectivity index (χ0n) is 20.7. The Morgan fingerprint density at radius 1 is 1.24 bits per heavy atom. The summed E-state index contributed by atoms with van der Waals surface area (Å²) in [7, 11) is 1.51. The van der Waals surface area contributed by atoms with Gasteiger partial charge in [-0.05, 0) is 55.0 Å². The Morgan fingerprint density at radius 2 is 2.03 bits per heavy atom. The number of hydrogen-bond donors (Lipinski definition) is 2. The summed E-state index contributed by atoms with van der Waals surface area (Å²) in [5, 5.41) is 12.1. The molecule has 0 fully saturated rings. The molecule has 182 valence electrons. The maximum Gasteiger partial charge on any atom is 0.182 e. The number of ketones is 2. The second-order valence-corrected chi connectivity index (χ2v) is 9.25. The van der Waals surface area contributed by atoms with Crippen molar-refractivity contribution in [2.75, 3.05) is 7.11 Å². The lowest BCUT2D eigenvalue weighted by molar-refractivity contribution is -0.124. The highest BCUT2D eigenvalue weighted by atomic mass is 16.5. The third-order valence-electron chi connectivity index (χ3n) is 6.05. The van der Waals surface area contributed by atoms with Crippen molar-refractivity contribution in [3.8, 4) is 17.2 Å². The summed E-state index contributed by atoms with van der Waals surface area (Å²) in [6, 6.07) is 5.58. The number of aromatic hydroxyl groups is 1. The predicted octanol–water partition coefficient (Wildman–Crippen LogP) is 6.38. The first-order valence-electron chi connectivity index (χ1n) is 12.1. The second kappa shape index (κ2) is 11.7. The molecule has 0 amide bonds. The monoisotopic (exact) mass is 464 g/mol. The molecule has 0 aliphatic rings. The molecule has 0 bridgehead atoms. The van der Waals surface area contributed by atoms with Crippen molar-refractivity contribution in [1.82, 2.24) is 9.55 Å². The van der Waals surface area contributed by atoms with Gasteiger partial charge in [0, 0.05) is 29.9 Å². The van der Waals surface area contributed by atoms with Crippen LogP contribution in [0.15, 0.2) is 36.7 Å².